The van der Waals surface area contributed by atoms with E-state index in [1.54, 1.807) is 16.9 Å². The first-order valence-electron chi connectivity index (χ1n) is 12.2. The normalized spacial score (nSPS) is 12.2. The van der Waals surface area contributed by atoms with Gasteiger partial charge in [0.15, 0.2) is 6.73 Å². The average molecular weight is 443 g/mol. The molecule has 1 N–H and O–H groups in total. The Morgan fingerprint density at radius 2 is 1.78 bits per heavy atom. The first kappa shape index (κ1) is 25.9. The summed E-state index contributed by atoms with van der Waals surface area (Å²) >= 11 is 0. The zero-order chi connectivity index (χ0) is 23.3. The highest BCUT2D eigenvalue weighted by atomic mass is 16.5. The van der Waals surface area contributed by atoms with E-state index in [0.29, 0.717) is 5.69 Å². The second-order valence-corrected chi connectivity index (χ2v) is 8.87. The third-order valence-electron chi connectivity index (χ3n) is 5.63. The largest absolute Gasteiger partial charge is 0.471 e. The van der Waals surface area contributed by atoms with E-state index in [0.717, 1.165) is 36.5 Å². The van der Waals surface area contributed by atoms with Gasteiger partial charge in [0.05, 0.1) is 0 Å². The van der Waals surface area contributed by atoms with Crippen molar-refractivity contribution in [1.29, 1.82) is 0 Å². The minimum Gasteiger partial charge on any atom is -0.471 e. The Morgan fingerprint density at radius 1 is 1.09 bits per heavy atom. The molecular weight excluding hydrogens is 400 g/mol. The van der Waals surface area contributed by atoms with Crippen LogP contribution in [0.4, 0.5) is 0 Å². The molecule has 32 heavy (non-hydrogen) atoms. The molecule has 0 fully saturated rings. The predicted molar refractivity (Wildman–Crippen MR) is 131 cm³/mol. The van der Waals surface area contributed by atoms with E-state index in [1.165, 1.54) is 38.5 Å². The SMILES string of the molecule is CCCCCN(CCCCC)CC(C)NC(=O)c1ccn(COc2cc(C)ccc2C)n1. The Bertz CT molecular complexity index is 808. The van der Waals surface area contributed by atoms with Crippen molar-refractivity contribution in [3.63, 3.8) is 0 Å². The summed E-state index contributed by atoms with van der Waals surface area (Å²) in [6.45, 7) is 13.9. The van der Waals surface area contributed by atoms with E-state index in [9.17, 15) is 4.79 Å². The van der Waals surface area contributed by atoms with E-state index in [-0.39, 0.29) is 18.7 Å². The molecule has 0 saturated carbocycles. The van der Waals surface area contributed by atoms with Gasteiger partial charge in [0.25, 0.3) is 5.91 Å². The summed E-state index contributed by atoms with van der Waals surface area (Å²) in [6, 6.07) is 7.94. The van der Waals surface area contributed by atoms with Gasteiger partial charge in [0, 0.05) is 18.8 Å². The summed E-state index contributed by atoms with van der Waals surface area (Å²) in [6.07, 6.45) is 9.18. The van der Waals surface area contributed by atoms with Crippen LogP contribution < -0.4 is 10.1 Å². The van der Waals surface area contributed by atoms with Crippen LogP contribution >= 0.6 is 0 Å². The monoisotopic (exact) mass is 442 g/mol. The fraction of sp³-hybridized carbons (Fsp3) is 0.615. The molecule has 0 radical (unpaired) electrons. The van der Waals surface area contributed by atoms with Crippen molar-refractivity contribution >= 4 is 5.91 Å². The Morgan fingerprint density at radius 3 is 2.44 bits per heavy atom. The van der Waals surface area contributed by atoms with Crippen molar-refractivity contribution in [3.8, 4) is 5.75 Å². The number of aromatic nitrogens is 2. The summed E-state index contributed by atoms with van der Waals surface area (Å²) in [5, 5.41) is 7.51. The molecule has 2 rings (SSSR count). The zero-order valence-corrected chi connectivity index (χ0v) is 20.7. The van der Waals surface area contributed by atoms with Crippen LogP contribution in [0.25, 0.3) is 0 Å². The van der Waals surface area contributed by atoms with Gasteiger partial charge in [-0.15, -0.1) is 0 Å². The molecule has 1 aromatic heterocycles. The molecule has 0 aliphatic heterocycles. The second kappa shape index (κ2) is 13.9. The summed E-state index contributed by atoms with van der Waals surface area (Å²) in [5.41, 5.74) is 2.65. The van der Waals surface area contributed by atoms with E-state index in [4.69, 9.17) is 4.74 Å². The Balaban J connectivity index is 1.85. The number of carbonyl (C=O) groups excluding carboxylic acids is 1. The highest BCUT2D eigenvalue weighted by Crippen LogP contribution is 2.19. The lowest BCUT2D eigenvalue weighted by Crippen LogP contribution is -2.42. The number of aryl methyl sites for hydroxylation is 2. The van der Waals surface area contributed by atoms with Gasteiger partial charge >= 0.3 is 0 Å². The Labute approximate surface area is 194 Å². The molecule has 0 saturated heterocycles. The number of benzene rings is 1. The highest BCUT2D eigenvalue weighted by Gasteiger charge is 2.16. The van der Waals surface area contributed by atoms with Gasteiger partial charge in [-0.2, -0.15) is 5.10 Å². The first-order valence-corrected chi connectivity index (χ1v) is 12.2. The van der Waals surface area contributed by atoms with Crippen molar-refractivity contribution in [3.05, 3.63) is 47.3 Å². The van der Waals surface area contributed by atoms with E-state index < -0.39 is 0 Å². The fourth-order valence-electron chi connectivity index (χ4n) is 3.75. The minimum absolute atomic E-state index is 0.0714. The number of rotatable bonds is 15. The lowest BCUT2D eigenvalue weighted by molar-refractivity contribution is 0.0921. The summed E-state index contributed by atoms with van der Waals surface area (Å²) in [5.74, 6) is 0.705. The molecule has 0 aliphatic rings. The molecule has 1 unspecified atom stereocenters. The van der Waals surface area contributed by atoms with E-state index in [2.05, 4.69) is 42.2 Å². The van der Waals surface area contributed by atoms with Gasteiger partial charge in [-0.25, -0.2) is 4.68 Å². The van der Waals surface area contributed by atoms with Gasteiger partial charge in [0.2, 0.25) is 0 Å². The molecule has 1 aromatic carbocycles. The average Bonchev–Trinajstić information content (AvgIpc) is 3.24. The quantitative estimate of drug-likeness (QED) is 0.378. The summed E-state index contributed by atoms with van der Waals surface area (Å²) in [4.78, 5) is 15.2. The highest BCUT2D eigenvalue weighted by molar-refractivity contribution is 5.92. The first-order chi connectivity index (χ1) is 15.4. The Kier molecular flexibility index (Phi) is 11.3. The molecule has 0 spiro atoms. The molecule has 1 atom stereocenters. The second-order valence-electron chi connectivity index (χ2n) is 8.87. The number of amides is 1. The zero-order valence-electron chi connectivity index (χ0n) is 20.7. The number of nitrogens with zero attached hydrogens (tertiary/aromatic N) is 3. The number of unbranched alkanes of at least 4 members (excludes halogenated alkanes) is 4. The minimum atomic E-state index is -0.134. The molecule has 0 aliphatic carbocycles. The topological polar surface area (TPSA) is 59.4 Å². The molecule has 2 aromatic rings. The maximum atomic E-state index is 12.7. The van der Waals surface area contributed by atoms with Crippen molar-refractivity contribution < 1.29 is 9.53 Å². The van der Waals surface area contributed by atoms with Crippen LogP contribution in [0.15, 0.2) is 30.5 Å². The molecule has 6 heteroatoms. The van der Waals surface area contributed by atoms with Gasteiger partial charge in [-0.05, 0) is 70.0 Å². The molecular formula is C26H42N4O2. The van der Waals surface area contributed by atoms with Gasteiger partial charge < -0.3 is 15.0 Å². The van der Waals surface area contributed by atoms with Crippen molar-refractivity contribution in [1.82, 2.24) is 20.0 Å². The molecule has 178 valence electrons. The molecule has 1 amide bonds. The fourth-order valence-corrected chi connectivity index (χ4v) is 3.75. The van der Waals surface area contributed by atoms with Crippen LogP contribution in [0.1, 0.15) is 80.9 Å². The Hall–Kier alpha value is -2.34. The number of hydrogen-bond acceptors (Lipinski definition) is 4. The molecule has 1 heterocycles. The standard InChI is InChI=1S/C26H42N4O2/c1-6-8-10-15-29(16-11-9-7-2)19-23(5)27-26(31)24-14-17-30(28-24)20-32-25-18-21(3)12-13-22(25)4/h12-14,17-18,23H,6-11,15-16,19-20H2,1-5H3,(H,27,31). The van der Waals surface area contributed by atoms with Crippen LogP contribution in [0.2, 0.25) is 0 Å². The van der Waals surface area contributed by atoms with Crippen molar-refractivity contribution in [2.24, 2.45) is 0 Å². The van der Waals surface area contributed by atoms with Crippen LogP contribution in [0, 0.1) is 13.8 Å². The maximum absolute atomic E-state index is 12.7. The van der Waals surface area contributed by atoms with Crippen LogP contribution in [0.3, 0.4) is 0 Å². The predicted octanol–water partition coefficient (Wildman–Crippen LogP) is 5.34. The summed E-state index contributed by atoms with van der Waals surface area (Å²) < 4.78 is 7.54. The van der Waals surface area contributed by atoms with Gasteiger partial charge in [-0.1, -0.05) is 51.7 Å². The maximum Gasteiger partial charge on any atom is 0.272 e. The van der Waals surface area contributed by atoms with Crippen LogP contribution in [-0.2, 0) is 6.73 Å². The number of carbonyl (C=O) groups is 1. The molecule has 0 bridgehead atoms. The van der Waals surface area contributed by atoms with Crippen LogP contribution in [0.5, 0.6) is 5.75 Å². The summed E-state index contributed by atoms with van der Waals surface area (Å²) in [7, 11) is 0. The van der Waals surface area contributed by atoms with Gasteiger partial charge in [0.1, 0.15) is 11.4 Å². The van der Waals surface area contributed by atoms with Gasteiger partial charge in [-0.3, -0.25) is 4.79 Å². The third-order valence-corrected chi connectivity index (χ3v) is 5.63. The number of nitrogens with one attached hydrogen (secondary N) is 1. The third kappa shape index (κ3) is 9.03. The van der Waals surface area contributed by atoms with E-state index >= 15 is 0 Å². The van der Waals surface area contributed by atoms with Crippen molar-refractivity contribution in [2.45, 2.75) is 85.9 Å². The lowest BCUT2D eigenvalue weighted by atomic mass is 10.1. The lowest BCUT2D eigenvalue weighted by Gasteiger charge is -2.26. The van der Waals surface area contributed by atoms with E-state index in [1.807, 2.05) is 26.0 Å². The number of ether oxygens (including phenoxy) is 1. The van der Waals surface area contributed by atoms with Crippen molar-refractivity contribution in [2.75, 3.05) is 19.6 Å². The molecule has 6 nitrogen and oxygen atoms in total. The van der Waals surface area contributed by atoms with Crippen LogP contribution in [-0.4, -0.2) is 46.3 Å². The smallest absolute Gasteiger partial charge is 0.272 e. The number of hydrogen-bond donors (Lipinski definition) is 1.